The van der Waals surface area contributed by atoms with Gasteiger partial charge in [0.05, 0.1) is 0 Å². The molecule has 96 valence electrons. The summed E-state index contributed by atoms with van der Waals surface area (Å²) in [5.74, 6) is 1.74. The lowest BCUT2D eigenvalue weighted by atomic mass is 10.2. The van der Waals surface area contributed by atoms with Crippen LogP contribution in [0.15, 0.2) is 22.2 Å². The average Bonchev–Trinajstić information content (AvgIpc) is 2.78. The third-order valence-corrected chi connectivity index (χ3v) is 2.88. The van der Waals surface area contributed by atoms with Gasteiger partial charge >= 0.3 is 0 Å². The number of hydrogen-bond donors (Lipinski definition) is 1. The molecule has 5 heteroatoms. The van der Waals surface area contributed by atoms with E-state index in [0.717, 1.165) is 5.76 Å². The van der Waals surface area contributed by atoms with E-state index in [2.05, 4.69) is 5.32 Å². The highest BCUT2D eigenvalue weighted by atomic mass is 32.1. The molecule has 1 aliphatic heterocycles. The van der Waals surface area contributed by atoms with Crippen molar-refractivity contribution in [2.45, 2.75) is 20.8 Å². The maximum atomic E-state index is 12.1. The predicted octanol–water partition coefficient (Wildman–Crippen LogP) is 2.30. The van der Waals surface area contributed by atoms with Gasteiger partial charge in [-0.25, -0.2) is 0 Å². The Labute approximate surface area is 112 Å². The molecule has 1 fully saturated rings. The number of amides is 1. The fraction of sp³-hybridized carbons (Fsp3) is 0.385. The van der Waals surface area contributed by atoms with Crippen LogP contribution < -0.4 is 5.32 Å². The number of nitrogens with zero attached hydrogens (tertiary/aromatic N) is 1. The summed E-state index contributed by atoms with van der Waals surface area (Å²) in [6, 6.07) is 3.68. The van der Waals surface area contributed by atoms with Crippen LogP contribution in [-0.2, 0) is 4.79 Å². The Morgan fingerprint density at radius 2 is 2.22 bits per heavy atom. The van der Waals surface area contributed by atoms with Gasteiger partial charge < -0.3 is 9.73 Å². The van der Waals surface area contributed by atoms with Crippen LogP contribution in [0.2, 0.25) is 0 Å². The van der Waals surface area contributed by atoms with Crippen molar-refractivity contribution >= 4 is 29.3 Å². The molecule has 1 aromatic heterocycles. The molecule has 0 atom stereocenters. The summed E-state index contributed by atoms with van der Waals surface area (Å²) >= 11 is 5.16. The molecule has 0 saturated carbocycles. The fourth-order valence-electron chi connectivity index (χ4n) is 1.78. The minimum Gasteiger partial charge on any atom is -0.462 e. The molecule has 18 heavy (non-hydrogen) atoms. The molecule has 0 spiro atoms. The molecule has 1 aromatic rings. The largest absolute Gasteiger partial charge is 0.462 e. The second-order valence-corrected chi connectivity index (χ2v) is 5.13. The van der Waals surface area contributed by atoms with E-state index < -0.39 is 0 Å². The second kappa shape index (κ2) is 4.94. The summed E-state index contributed by atoms with van der Waals surface area (Å²) in [5, 5.41) is 3.39. The molecule has 2 rings (SSSR count). The van der Waals surface area contributed by atoms with Gasteiger partial charge in [0, 0.05) is 12.6 Å². The van der Waals surface area contributed by atoms with Crippen LogP contribution in [0.3, 0.4) is 0 Å². The molecule has 1 amide bonds. The number of furan rings is 1. The van der Waals surface area contributed by atoms with Crippen LogP contribution >= 0.6 is 12.2 Å². The van der Waals surface area contributed by atoms with Gasteiger partial charge in [-0.3, -0.25) is 9.69 Å². The first-order chi connectivity index (χ1) is 8.47. The van der Waals surface area contributed by atoms with Crippen molar-refractivity contribution in [1.29, 1.82) is 0 Å². The van der Waals surface area contributed by atoms with Crippen molar-refractivity contribution in [2.24, 2.45) is 5.92 Å². The molecule has 0 unspecified atom stereocenters. The summed E-state index contributed by atoms with van der Waals surface area (Å²) in [6.45, 7) is 6.59. The van der Waals surface area contributed by atoms with Crippen molar-refractivity contribution in [3.8, 4) is 0 Å². The van der Waals surface area contributed by atoms with Crippen molar-refractivity contribution in [1.82, 2.24) is 10.2 Å². The molecule has 0 radical (unpaired) electrons. The van der Waals surface area contributed by atoms with E-state index in [-0.39, 0.29) is 5.91 Å². The maximum Gasteiger partial charge on any atom is 0.276 e. The summed E-state index contributed by atoms with van der Waals surface area (Å²) in [7, 11) is 0. The quantitative estimate of drug-likeness (QED) is 0.672. The fourth-order valence-corrected chi connectivity index (χ4v) is 2.04. The number of carbonyl (C=O) groups is 1. The molecular weight excluding hydrogens is 248 g/mol. The monoisotopic (exact) mass is 264 g/mol. The molecule has 4 nitrogen and oxygen atoms in total. The van der Waals surface area contributed by atoms with Gasteiger partial charge in [-0.15, -0.1) is 0 Å². The smallest absolute Gasteiger partial charge is 0.276 e. The summed E-state index contributed by atoms with van der Waals surface area (Å²) in [6.07, 6.45) is 1.68. The van der Waals surface area contributed by atoms with E-state index in [1.807, 2.05) is 32.9 Å². The lowest BCUT2D eigenvalue weighted by Crippen LogP contribution is -2.33. The number of thiocarbonyl (C=S) groups is 1. The minimum absolute atomic E-state index is 0.0947. The van der Waals surface area contributed by atoms with Crippen LogP contribution in [0.25, 0.3) is 6.08 Å². The third-order valence-electron chi connectivity index (χ3n) is 2.56. The van der Waals surface area contributed by atoms with Crippen LogP contribution in [0.5, 0.6) is 0 Å². The first kappa shape index (κ1) is 12.8. The SMILES string of the molecule is Cc1ccc(/C=C2/NC(=S)N(CC(C)C)C2=O)o1. The summed E-state index contributed by atoms with van der Waals surface area (Å²) < 4.78 is 5.41. The van der Waals surface area contributed by atoms with E-state index in [9.17, 15) is 4.79 Å². The van der Waals surface area contributed by atoms with Crippen molar-refractivity contribution in [3.05, 3.63) is 29.4 Å². The van der Waals surface area contributed by atoms with Crippen molar-refractivity contribution in [2.75, 3.05) is 6.54 Å². The molecular formula is C13H16N2O2S. The van der Waals surface area contributed by atoms with E-state index in [1.165, 1.54) is 0 Å². The first-order valence-corrected chi connectivity index (χ1v) is 6.29. The zero-order valence-electron chi connectivity index (χ0n) is 10.7. The summed E-state index contributed by atoms with van der Waals surface area (Å²) in [4.78, 5) is 13.7. The van der Waals surface area contributed by atoms with Crippen LogP contribution in [0.1, 0.15) is 25.4 Å². The Morgan fingerprint density at radius 1 is 1.50 bits per heavy atom. The first-order valence-electron chi connectivity index (χ1n) is 5.88. The van der Waals surface area contributed by atoms with Gasteiger partial charge in [0.2, 0.25) is 0 Å². The Hall–Kier alpha value is -1.62. The third kappa shape index (κ3) is 2.61. The van der Waals surface area contributed by atoms with Crippen LogP contribution in [0.4, 0.5) is 0 Å². The Kier molecular flexibility index (Phi) is 3.52. The van der Waals surface area contributed by atoms with E-state index in [4.69, 9.17) is 16.6 Å². The average molecular weight is 264 g/mol. The molecule has 2 heterocycles. The molecule has 1 aliphatic rings. The Morgan fingerprint density at radius 3 is 2.78 bits per heavy atom. The highest BCUT2D eigenvalue weighted by Crippen LogP contribution is 2.16. The molecule has 0 aliphatic carbocycles. The highest BCUT2D eigenvalue weighted by molar-refractivity contribution is 7.80. The Bertz CT molecular complexity index is 517. The summed E-state index contributed by atoms with van der Waals surface area (Å²) in [5.41, 5.74) is 0.468. The lowest BCUT2D eigenvalue weighted by Gasteiger charge is -2.15. The number of carbonyl (C=O) groups excluding carboxylic acids is 1. The van der Waals surface area contributed by atoms with Crippen molar-refractivity contribution < 1.29 is 9.21 Å². The lowest BCUT2D eigenvalue weighted by molar-refractivity contribution is -0.122. The van der Waals surface area contributed by atoms with Gasteiger partial charge in [0.1, 0.15) is 17.2 Å². The van der Waals surface area contributed by atoms with Gasteiger partial charge in [-0.2, -0.15) is 0 Å². The van der Waals surface area contributed by atoms with Gasteiger partial charge in [-0.05, 0) is 37.2 Å². The zero-order chi connectivity index (χ0) is 13.3. The topological polar surface area (TPSA) is 45.5 Å². The van der Waals surface area contributed by atoms with Crippen LogP contribution in [0, 0.1) is 12.8 Å². The van der Waals surface area contributed by atoms with Crippen molar-refractivity contribution in [3.63, 3.8) is 0 Å². The van der Waals surface area contributed by atoms with Gasteiger partial charge in [0.25, 0.3) is 5.91 Å². The van der Waals surface area contributed by atoms with Gasteiger partial charge in [0.15, 0.2) is 5.11 Å². The molecule has 1 saturated heterocycles. The second-order valence-electron chi connectivity index (χ2n) is 4.75. The normalized spacial score (nSPS) is 18.0. The van der Waals surface area contributed by atoms with Crippen LogP contribution in [-0.4, -0.2) is 22.5 Å². The van der Waals surface area contributed by atoms with E-state index >= 15 is 0 Å². The molecule has 0 aromatic carbocycles. The zero-order valence-corrected chi connectivity index (χ0v) is 11.5. The van der Waals surface area contributed by atoms with Gasteiger partial charge in [-0.1, -0.05) is 13.8 Å². The predicted molar refractivity (Wildman–Crippen MR) is 73.7 cm³/mol. The number of hydrogen-bond acceptors (Lipinski definition) is 3. The highest BCUT2D eigenvalue weighted by Gasteiger charge is 2.30. The maximum absolute atomic E-state index is 12.1. The number of rotatable bonds is 3. The number of nitrogens with one attached hydrogen (secondary N) is 1. The minimum atomic E-state index is -0.0947. The standard InChI is InChI=1S/C13H16N2O2S/c1-8(2)7-15-12(16)11(14-13(15)18)6-10-5-4-9(3)17-10/h4-6,8H,7H2,1-3H3,(H,14,18)/b11-6+. The number of aryl methyl sites for hydroxylation is 1. The van der Waals surface area contributed by atoms with E-state index in [0.29, 0.717) is 29.0 Å². The molecule has 0 bridgehead atoms. The Balaban J connectivity index is 2.19. The molecule has 1 N–H and O–H groups in total. The van der Waals surface area contributed by atoms with E-state index in [1.54, 1.807) is 11.0 Å².